The maximum Gasteiger partial charge on any atom is 0.127 e. The lowest BCUT2D eigenvalue weighted by molar-refractivity contribution is 0.0370. The first-order valence-electron chi connectivity index (χ1n) is 8.08. The van der Waals surface area contributed by atoms with E-state index in [1.54, 1.807) is 12.1 Å². The molecule has 1 saturated heterocycles. The Bertz CT molecular complexity index is 463. The van der Waals surface area contributed by atoms with Gasteiger partial charge in [-0.05, 0) is 31.9 Å². The van der Waals surface area contributed by atoms with E-state index in [1.165, 1.54) is 6.07 Å². The molecule has 5 heteroatoms. The number of nitrogens with zero attached hydrogens (tertiary/aromatic N) is 2. The summed E-state index contributed by atoms with van der Waals surface area (Å²) in [5, 5.41) is 10.1. The predicted molar refractivity (Wildman–Crippen MR) is 88.9 cm³/mol. The van der Waals surface area contributed by atoms with Crippen LogP contribution in [0.15, 0.2) is 18.2 Å². The highest BCUT2D eigenvalue weighted by Crippen LogP contribution is 2.20. The first kappa shape index (κ1) is 17.7. The van der Waals surface area contributed by atoms with Gasteiger partial charge in [0.2, 0.25) is 0 Å². The minimum Gasteiger partial charge on any atom is -0.392 e. The fraction of sp³-hybridized carbons (Fsp3) is 0.647. The van der Waals surface area contributed by atoms with Crippen LogP contribution in [0.5, 0.6) is 0 Å². The van der Waals surface area contributed by atoms with Gasteiger partial charge in [0.05, 0.1) is 6.10 Å². The Hall–Kier alpha value is -0.680. The number of benzene rings is 1. The zero-order chi connectivity index (χ0) is 16.1. The van der Waals surface area contributed by atoms with Crippen molar-refractivity contribution in [2.24, 2.45) is 0 Å². The molecule has 0 bridgehead atoms. The number of β-amino-alcohol motifs (C(OH)–C–C–N with tert-alkyl or cyclic N) is 1. The summed E-state index contributed by atoms with van der Waals surface area (Å²) in [6.07, 6.45) is 1.40. The van der Waals surface area contributed by atoms with Crippen LogP contribution in [0.25, 0.3) is 0 Å². The van der Waals surface area contributed by atoms with Crippen LogP contribution in [0, 0.1) is 5.82 Å². The molecule has 0 aliphatic carbocycles. The van der Waals surface area contributed by atoms with Gasteiger partial charge in [-0.25, -0.2) is 4.39 Å². The van der Waals surface area contributed by atoms with Crippen molar-refractivity contribution in [1.29, 1.82) is 0 Å². The van der Waals surface area contributed by atoms with Crippen molar-refractivity contribution < 1.29 is 9.50 Å². The van der Waals surface area contributed by atoms with Crippen molar-refractivity contribution in [1.82, 2.24) is 9.80 Å². The normalized spacial score (nSPS) is 22.0. The van der Waals surface area contributed by atoms with Gasteiger partial charge in [0, 0.05) is 49.4 Å². The lowest BCUT2D eigenvalue weighted by Gasteiger charge is -2.41. The van der Waals surface area contributed by atoms with Crippen molar-refractivity contribution >= 4 is 11.6 Å². The molecule has 0 unspecified atom stereocenters. The Labute approximate surface area is 137 Å². The first-order chi connectivity index (χ1) is 10.5. The van der Waals surface area contributed by atoms with E-state index in [1.807, 2.05) is 6.92 Å². The summed E-state index contributed by atoms with van der Waals surface area (Å²) in [7, 11) is 0. The summed E-state index contributed by atoms with van der Waals surface area (Å²) in [6.45, 7) is 8.43. The molecular weight excluding hydrogens is 303 g/mol. The fourth-order valence-electron chi connectivity index (χ4n) is 3.17. The van der Waals surface area contributed by atoms with E-state index in [0.717, 1.165) is 39.1 Å². The van der Waals surface area contributed by atoms with Gasteiger partial charge in [-0.15, -0.1) is 0 Å². The van der Waals surface area contributed by atoms with Crippen molar-refractivity contribution in [3.8, 4) is 0 Å². The molecule has 1 aromatic rings. The van der Waals surface area contributed by atoms with Gasteiger partial charge in [0.15, 0.2) is 0 Å². The maximum atomic E-state index is 13.8. The zero-order valence-corrected chi connectivity index (χ0v) is 14.2. The number of aliphatic hydroxyl groups excluding tert-OH is 1. The van der Waals surface area contributed by atoms with E-state index in [-0.39, 0.29) is 11.9 Å². The van der Waals surface area contributed by atoms with Crippen molar-refractivity contribution in [2.45, 2.75) is 38.8 Å². The van der Waals surface area contributed by atoms with E-state index in [2.05, 4.69) is 16.7 Å². The summed E-state index contributed by atoms with van der Waals surface area (Å²) >= 11 is 6.09. The van der Waals surface area contributed by atoms with Gasteiger partial charge in [-0.1, -0.05) is 24.6 Å². The van der Waals surface area contributed by atoms with Crippen LogP contribution in [0.2, 0.25) is 5.02 Å². The first-order valence-corrected chi connectivity index (χ1v) is 8.46. The third-order valence-electron chi connectivity index (χ3n) is 4.40. The summed E-state index contributed by atoms with van der Waals surface area (Å²) in [5.41, 5.74) is 0.614. The Morgan fingerprint density at radius 1 is 1.41 bits per heavy atom. The second kappa shape index (κ2) is 8.25. The quantitative estimate of drug-likeness (QED) is 0.870. The average molecular weight is 329 g/mol. The van der Waals surface area contributed by atoms with Crippen LogP contribution in [-0.2, 0) is 6.42 Å². The molecule has 0 saturated carbocycles. The SMILES string of the molecule is CC[C@@H]1CN(CCc2c(F)cccc2Cl)CCN1C[C@@H](C)O. The third kappa shape index (κ3) is 4.66. The molecule has 1 N–H and O–H groups in total. The largest absolute Gasteiger partial charge is 0.392 e. The van der Waals surface area contributed by atoms with Crippen molar-refractivity contribution in [3.63, 3.8) is 0 Å². The second-order valence-corrected chi connectivity index (χ2v) is 6.56. The van der Waals surface area contributed by atoms with E-state index in [0.29, 0.717) is 23.0 Å². The highest BCUT2D eigenvalue weighted by Gasteiger charge is 2.26. The van der Waals surface area contributed by atoms with Crippen LogP contribution in [0.4, 0.5) is 4.39 Å². The molecule has 1 aliphatic rings. The number of piperazine rings is 1. The van der Waals surface area contributed by atoms with Crippen LogP contribution < -0.4 is 0 Å². The number of aliphatic hydroxyl groups is 1. The lowest BCUT2D eigenvalue weighted by Crippen LogP contribution is -2.54. The van der Waals surface area contributed by atoms with Gasteiger partial charge in [-0.3, -0.25) is 4.90 Å². The van der Waals surface area contributed by atoms with Gasteiger partial charge < -0.3 is 10.0 Å². The Kier molecular flexibility index (Phi) is 6.63. The standard InChI is InChI=1S/C17H26ClFN2O/c1-3-14-12-20(9-10-21(14)11-13(2)22)8-7-15-16(18)5-4-6-17(15)19/h4-6,13-14,22H,3,7-12H2,1-2H3/t13-,14-/m1/s1. The molecule has 22 heavy (non-hydrogen) atoms. The number of rotatable bonds is 6. The third-order valence-corrected chi connectivity index (χ3v) is 4.75. The molecule has 0 spiro atoms. The van der Waals surface area contributed by atoms with Crippen molar-refractivity contribution in [3.05, 3.63) is 34.6 Å². The summed E-state index contributed by atoms with van der Waals surface area (Å²) in [5.74, 6) is -0.215. The molecule has 2 atom stereocenters. The predicted octanol–water partition coefficient (Wildman–Crippen LogP) is 2.80. The lowest BCUT2D eigenvalue weighted by atomic mass is 10.1. The van der Waals surface area contributed by atoms with E-state index in [4.69, 9.17) is 11.6 Å². The molecule has 1 fully saturated rings. The van der Waals surface area contributed by atoms with E-state index >= 15 is 0 Å². The summed E-state index contributed by atoms with van der Waals surface area (Å²) in [4.78, 5) is 4.73. The van der Waals surface area contributed by atoms with Crippen LogP contribution in [-0.4, -0.2) is 59.8 Å². The number of hydrogen-bond acceptors (Lipinski definition) is 3. The Morgan fingerprint density at radius 3 is 2.82 bits per heavy atom. The van der Waals surface area contributed by atoms with E-state index < -0.39 is 0 Å². The average Bonchev–Trinajstić information content (AvgIpc) is 2.47. The van der Waals surface area contributed by atoms with Crippen LogP contribution in [0.1, 0.15) is 25.8 Å². The van der Waals surface area contributed by atoms with Gasteiger partial charge >= 0.3 is 0 Å². The van der Waals surface area contributed by atoms with Gasteiger partial charge in [-0.2, -0.15) is 0 Å². The molecule has 1 aromatic carbocycles. The molecule has 2 rings (SSSR count). The number of hydrogen-bond donors (Lipinski definition) is 1. The van der Waals surface area contributed by atoms with Gasteiger partial charge in [0.1, 0.15) is 5.82 Å². The Balaban J connectivity index is 1.90. The Morgan fingerprint density at radius 2 is 2.18 bits per heavy atom. The zero-order valence-electron chi connectivity index (χ0n) is 13.4. The number of halogens is 2. The van der Waals surface area contributed by atoms with Crippen molar-refractivity contribution in [2.75, 3.05) is 32.7 Å². The summed E-state index contributed by atoms with van der Waals surface area (Å²) in [6, 6.07) is 5.31. The molecular formula is C17H26ClFN2O. The minimum absolute atomic E-state index is 0.215. The molecule has 1 aliphatic heterocycles. The molecule has 3 nitrogen and oxygen atoms in total. The highest BCUT2D eigenvalue weighted by molar-refractivity contribution is 6.31. The molecule has 0 radical (unpaired) electrons. The van der Waals surface area contributed by atoms with Crippen LogP contribution >= 0.6 is 11.6 Å². The second-order valence-electron chi connectivity index (χ2n) is 6.16. The monoisotopic (exact) mass is 328 g/mol. The maximum absolute atomic E-state index is 13.8. The summed E-state index contributed by atoms with van der Waals surface area (Å²) < 4.78 is 13.8. The minimum atomic E-state index is -0.294. The fourth-order valence-corrected chi connectivity index (χ4v) is 3.43. The molecule has 1 heterocycles. The smallest absolute Gasteiger partial charge is 0.127 e. The highest BCUT2D eigenvalue weighted by atomic mass is 35.5. The van der Waals surface area contributed by atoms with Gasteiger partial charge in [0.25, 0.3) is 0 Å². The molecule has 124 valence electrons. The van der Waals surface area contributed by atoms with Crippen LogP contribution in [0.3, 0.4) is 0 Å². The topological polar surface area (TPSA) is 26.7 Å². The molecule has 0 aromatic heterocycles. The van der Waals surface area contributed by atoms with E-state index in [9.17, 15) is 9.50 Å². The molecule has 0 amide bonds.